The van der Waals surface area contributed by atoms with Crippen molar-refractivity contribution in [3.8, 4) is 5.82 Å². The van der Waals surface area contributed by atoms with Crippen LogP contribution in [-0.4, -0.2) is 67.5 Å². The molecule has 1 atom stereocenters. The van der Waals surface area contributed by atoms with Crippen LogP contribution in [0.25, 0.3) is 16.9 Å². The molecule has 1 saturated carbocycles. The molecule has 1 saturated heterocycles. The fourth-order valence-electron chi connectivity index (χ4n) is 6.53. The Bertz CT molecular complexity index is 1690. The van der Waals surface area contributed by atoms with Crippen molar-refractivity contribution in [2.24, 2.45) is 5.41 Å². The predicted molar refractivity (Wildman–Crippen MR) is 160 cm³/mol. The fraction of sp³-hybridized carbons (Fsp3) is 0.419. The Morgan fingerprint density at radius 3 is 2.51 bits per heavy atom. The molecule has 10 nitrogen and oxygen atoms in total. The standard InChI is InChI=1S/C31H36N8O2/c1-4-15-38-28(40)24-20-32-29(33-22-6-8-23(9-7-22)37-18-16-36(3)17-19-37)35-27(24)39(38)25-10-5-21-11-12-31(13-14-31)30(2,41)26(21)34-25/h4-10,20,41H,1,11-19H2,2-3H3,(H,32,33,35)/t30-/m0/s1. The molecular formula is C31H36N8O2. The first-order chi connectivity index (χ1) is 19.8. The second-order valence-electron chi connectivity index (χ2n) is 11.9. The van der Waals surface area contributed by atoms with Crippen molar-refractivity contribution < 1.29 is 5.11 Å². The zero-order valence-electron chi connectivity index (χ0n) is 23.7. The number of rotatable bonds is 6. The maximum Gasteiger partial charge on any atom is 0.278 e. The van der Waals surface area contributed by atoms with Crippen LogP contribution in [0.2, 0.25) is 0 Å². The van der Waals surface area contributed by atoms with Crippen molar-refractivity contribution in [1.29, 1.82) is 0 Å². The molecule has 4 heterocycles. The van der Waals surface area contributed by atoms with Gasteiger partial charge in [-0.05, 0) is 75.5 Å². The molecule has 10 heteroatoms. The van der Waals surface area contributed by atoms with Gasteiger partial charge in [0.2, 0.25) is 5.95 Å². The lowest BCUT2D eigenvalue weighted by molar-refractivity contribution is -0.0371. The average molecular weight is 553 g/mol. The summed E-state index contributed by atoms with van der Waals surface area (Å²) in [5, 5.41) is 15.3. The third-order valence-electron chi connectivity index (χ3n) is 9.37. The van der Waals surface area contributed by atoms with Crippen molar-refractivity contribution in [2.75, 3.05) is 43.4 Å². The summed E-state index contributed by atoms with van der Waals surface area (Å²) in [6.07, 6.45) is 7.14. The van der Waals surface area contributed by atoms with Gasteiger partial charge in [0.15, 0.2) is 11.5 Å². The van der Waals surface area contributed by atoms with Crippen LogP contribution < -0.4 is 15.8 Å². The van der Waals surface area contributed by atoms with E-state index in [1.165, 1.54) is 5.69 Å². The SMILES string of the molecule is C=CCn1c(=O)c2cnc(Nc3ccc(N4CCN(C)CC4)cc3)nc2n1-c1ccc2c(n1)[C@](C)(O)C1(CC2)CC1. The first-order valence-electron chi connectivity index (χ1n) is 14.4. The number of piperazine rings is 1. The molecule has 0 bridgehead atoms. The van der Waals surface area contributed by atoms with Crippen LogP contribution in [0.15, 0.2) is 60.0 Å². The minimum absolute atomic E-state index is 0.0929. The lowest BCUT2D eigenvalue weighted by Gasteiger charge is -2.38. The number of aryl methyl sites for hydroxylation is 1. The van der Waals surface area contributed by atoms with Gasteiger partial charge in [-0.2, -0.15) is 4.98 Å². The minimum Gasteiger partial charge on any atom is -0.383 e. The summed E-state index contributed by atoms with van der Waals surface area (Å²) >= 11 is 0. The van der Waals surface area contributed by atoms with Gasteiger partial charge in [0.25, 0.3) is 5.56 Å². The van der Waals surface area contributed by atoms with Crippen LogP contribution in [0.5, 0.6) is 0 Å². The highest BCUT2D eigenvalue weighted by atomic mass is 16.3. The summed E-state index contributed by atoms with van der Waals surface area (Å²) < 4.78 is 3.30. The number of likely N-dealkylation sites (N-methyl/N-ethyl adjacent to an activating group) is 1. The third-order valence-corrected chi connectivity index (χ3v) is 9.37. The van der Waals surface area contributed by atoms with E-state index in [-0.39, 0.29) is 17.5 Å². The summed E-state index contributed by atoms with van der Waals surface area (Å²) in [5.74, 6) is 0.924. The Hall–Kier alpha value is -4.02. The first kappa shape index (κ1) is 25.9. The highest BCUT2D eigenvalue weighted by Crippen LogP contribution is 2.63. The van der Waals surface area contributed by atoms with Crippen molar-refractivity contribution in [3.05, 3.63) is 76.9 Å². The average Bonchev–Trinajstić information content (AvgIpc) is 3.72. The van der Waals surface area contributed by atoms with Gasteiger partial charge in [-0.15, -0.1) is 6.58 Å². The highest BCUT2D eigenvalue weighted by molar-refractivity contribution is 5.77. The molecule has 1 aliphatic heterocycles. The van der Waals surface area contributed by atoms with Crippen LogP contribution in [-0.2, 0) is 18.6 Å². The van der Waals surface area contributed by atoms with Gasteiger partial charge in [0, 0.05) is 49.2 Å². The smallest absolute Gasteiger partial charge is 0.278 e. The number of pyridine rings is 1. The van der Waals surface area contributed by atoms with Gasteiger partial charge >= 0.3 is 0 Å². The van der Waals surface area contributed by atoms with E-state index in [0.29, 0.717) is 28.5 Å². The van der Waals surface area contributed by atoms with E-state index in [1.807, 2.05) is 31.2 Å². The summed E-state index contributed by atoms with van der Waals surface area (Å²) in [7, 11) is 2.15. The minimum atomic E-state index is -1.01. The number of aliphatic hydroxyl groups is 1. The summed E-state index contributed by atoms with van der Waals surface area (Å²) in [6.45, 7) is 10.1. The largest absolute Gasteiger partial charge is 0.383 e. The number of hydrogen-bond acceptors (Lipinski definition) is 8. The van der Waals surface area contributed by atoms with E-state index in [1.54, 1.807) is 21.6 Å². The second kappa shape index (κ2) is 9.53. The molecule has 3 aromatic heterocycles. The van der Waals surface area contributed by atoms with Crippen LogP contribution in [0, 0.1) is 5.41 Å². The number of nitrogens with zero attached hydrogens (tertiary/aromatic N) is 7. The molecule has 41 heavy (non-hydrogen) atoms. The molecule has 1 aromatic carbocycles. The maximum atomic E-state index is 13.4. The van der Waals surface area contributed by atoms with E-state index >= 15 is 0 Å². The molecule has 2 fully saturated rings. The van der Waals surface area contributed by atoms with Crippen LogP contribution in [0.3, 0.4) is 0 Å². The van der Waals surface area contributed by atoms with Gasteiger partial charge in [-0.3, -0.25) is 4.79 Å². The molecule has 212 valence electrons. The third kappa shape index (κ3) is 4.24. The summed E-state index contributed by atoms with van der Waals surface area (Å²) in [4.78, 5) is 32.4. The monoisotopic (exact) mass is 552 g/mol. The summed E-state index contributed by atoms with van der Waals surface area (Å²) in [6, 6.07) is 12.2. The van der Waals surface area contributed by atoms with E-state index in [9.17, 15) is 9.90 Å². The Labute approximate surface area is 238 Å². The van der Waals surface area contributed by atoms with Gasteiger partial charge in [0.1, 0.15) is 11.0 Å². The van der Waals surface area contributed by atoms with Gasteiger partial charge < -0.3 is 20.2 Å². The number of fused-ring (bicyclic) bond motifs is 2. The zero-order chi connectivity index (χ0) is 28.4. The van der Waals surface area contributed by atoms with E-state index in [4.69, 9.17) is 9.97 Å². The quantitative estimate of drug-likeness (QED) is 0.350. The Balaban J connectivity index is 1.25. The van der Waals surface area contributed by atoms with E-state index < -0.39 is 5.60 Å². The molecule has 2 N–H and O–H groups in total. The number of nitrogens with one attached hydrogen (secondary N) is 1. The lowest BCUT2D eigenvalue weighted by atomic mass is 9.72. The Kier molecular flexibility index (Phi) is 6.02. The Morgan fingerprint density at radius 2 is 1.80 bits per heavy atom. The fourth-order valence-corrected chi connectivity index (χ4v) is 6.53. The molecule has 3 aliphatic rings. The van der Waals surface area contributed by atoms with Crippen LogP contribution in [0.1, 0.15) is 37.4 Å². The normalized spacial score (nSPS) is 21.7. The predicted octanol–water partition coefficient (Wildman–Crippen LogP) is 3.59. The number of aromatic nitrogens is 5. The zero-order valence-corrected chi connectivity index (χ0v) is 23.7. The van der Waals surface area contributed by atoms with Crippen molar-refractivity contribution in [3.63, 3.8) is 0 Å². The first-order valence-corrected chi connectivity index (χ1v) is 14.4. The molecule has 7 rings (SSSR count). The second-order valence-corrected chi connectivity index (χ2v) is 11.9. The summed E-state index contributed by atoms with van der Waals surface area (Å²) in [5.41, 5.74) is 2.94. The highest BCUT2D eigenvalue weighted by Gasteiger charge is 2.59. The molecule has 4 aromatic rings. The molecule has 0 radical (unpaired) electrons. The van der Waals surface area contributed by atoms with E-state index in [0.717, 1.165) is 63.1 Å². The number of allylic oxidation sites excluding steroid dienone is 1. The van der Waals surface area contributed by atoms with Gasteiger partial charge in [-0.25, -0.2) is 19.3 Å². The van der Waals surface area contributed by atoms with Gasteiger partial charge in [0.05, 0.1) is 12.2 Å². The van der Waals surface area contributed by atoms with Crippen LogP contribution >= 0.6 is 0 Å². The Morgan fingerprint density at radius 1 is 1.05 bits per heavy atom. The van der Waals surface area contributed by atoms with E-state index in [2.05, 4.69) is 45.9 Å². The number of hydrogen-bond donors (Lipinski definition) is 2. The molecule has 0 unspecified atom stereocenters. The topological polar surface area (TPSA) is 104 Å². The van der Waals surface area contributed by atoms with Gasteiger partial charge in [-0.1, -0.05) is 12.1 Å². The van der Waals surface area contributed by atoms with Crippen LogP contribution in [0.4, 0.5) is 17.3 Å². The molecule has 1 spiro atoms. The molecule has 0 amide bonds. The van der Waals surface area contributed by atoms with Crippen molar-refractivity contribution in [2.45, 2.75) is 44.8 Å². The molecule has 2 aliphatic carbocycles. The molecular weight excluding hydrogens is 516 g/mol. The number of benzene rings is 1. The lowest BCUT2D eigenvalue weighted by Crippen LogP contribution is -2.44. The number of anilines is 3. The maximum absolute atomic E-state index is 13.4. The van der Waals surface area contributed by atoms with Crippen molar-refractivity contribution in [1.82, 2.24) is 29.2 Å². The van der Waals surface area contributed by atoms with Crippen molar-refractivity contribution >= 4 is 28.4 Å².